The maximum Gasteiger partial charge on any atom is 0.227 e. The van der Waals surface area contributed by atoms with Gasteiger partial charge in [-0.3, -0.25) is 0 Å². The maximum atomic E-state index is 4.86. The first-order chi connectivity index (χ1) is 12.3. The largest absolute Gasteiger partial charge is 0.341 e. The fourth-order valence-electron chi connectivity index (χ4n) is 3.19. The van der Waals surface area contributed by atoms with Crippen LogP contribution in [0.2, 0.25) is 0 Å². The van der Waals surface area contributed by atoms with Crippen molar-refractivity contribution in [2.75, 3.05) is 29.9 Å². The zero-order valence-electron chi connectivity index (χ0n) is 14.5. The molecular weight excluding hydrogens is 308 g/mol. The number of hydrogen-bond acceptors (Lipinski definition) is 4. The molecule has 1 aliphatic heterocycles. The van der Waals surface area contributed by atoms with Crippen molar-refractivity contribution in [1.29, 1.82) is 0 Å². The van der Waals surface area contributed by atoms with Gasteiger partial charge in [0, 0.05) is 37.5 Å². The van der Waals surface area contributed by atoms with Crippen molar-refractivity contribution in [3.05, 3.63) is 66.7 Å². The molecule has 0 spiro atoms. The van der Waals surface area contributed by atoms with E-state index in [1.54, 1.807) is 0 Å². The van der Waals surface area contributed by atoms with Crippen LogP contribution < -0.4 is 9.80 Å². The summed E-state index contributed by atoms with van der Waals surface area (Å²) in [6.07, 6.45) is 2.42. The van der Waals surface area contributed by atoms with Gasteiger partial charge >= 0.3 is 0 Å². The third-order valence-corrected chi connectivity index (χ3v) is 4.65. The van der Waals surface area contributed by atoms with Gasteiger partial charge in [-0.15, -0.1) is 0 Å². The number of rotatable bonds is 4. The van der Waals surface area contributed by atoms with Crippen molar-refractivity contribution in [2.24, 2.45) is 0 Å². The average molecular weight is 330 g/mol. The minimum atomic E-state index is 0.830. The van der Waals surface area contributed by atoms with Crippen LogP contribution in [0.3, 0.4) is 0 Å². The van der Waals surface area contributed by atoms with Crippen molar-refractivity contribution in [2.45, 2.75) is 12.8 Å². The van der Waals surface area contributed by atoms with Crippen LogP contribution in [-0.4, -0.2) is 30.1 Å². The van der Waals surface area contributed by atoms with Crippen LogP contribution in [0.5, 0.6) is 0 Å². The number of nitrogens with zero attached hydrogens (tertiary/aromatic N) is 4. The van der Waals surface area contributed by atoms with E-state index in [2.05, 4.69) is 47.2 Å². The van der Waals surface area contributed by atoms with Crippen molar-refractivity contribution >= 4 is 17.5 Å². The Labute approximate surface area is 148 Å². The highest BCUT2D eigenvalue weighted by Crippen LogP contribution is 2.29. The highest BCUT2D eigenvalue weighted by atomic mass is 15.3. The fourth-order valence-corrected chi connectivity index (χ4v) is 3.19. The Bertz CT molecular complexity index is 827. The second-order valence-electron chi connectivity index (χ2n) is 6.37. The Kier molecular flexibility index (Phi) is 4.34. The number of benzene rings is 2. The minimum Gasteiger partial charge on any atom is -0.341 e. The Balaban J connectivity index is 1.78. The molecule has 4 rings (SSSR count). The van der Waals surface area contributed by atoms with Crippen molar-refractivity contribution in [1.82, 2.24) is 9.97 Å². The molecule has 126 valence electrons. The van der Waals surface area contributed by atoms with Gasteiger partial charge in [0.25, 0.3) is 0 Å². The van der Waals surface area contributed by atoms with E-state index in [0.717, 1.165) is 41.8 Å². The molecule has 4 nitrogen and oxygen atoms in total. The Morgan fingerprint density at radius 3 is 2.16 bits per heavy atom. The van der Waals surface area contributed by atoms with Gasteiger partial charge in [0.05, 0.1) is 5.69 Å². The summed E-state index contributed by atoms with van der Waals surface area (Å²) in [7, 11) is 2.06. The van der Waals surface area contributed by atoms with Gasteiger partial charge in [0.1, 0.15) is 5.82 Å². The van der Waals surface area contributed by atoms with E-state index in [9.17, 15) is 0 Å². The van der Waals surface area contributed by atoms with E-state index in [-0.39, 0.29) is 0 Å². The lowest BCUT2D eigenvalue weighted by Crippen LogP contribution is -2.22. The average Bonchev–Trinajstić information content (AvgIpc) is 3.23. The van der Waals surface area contributed by atoms with E-state index in [0.29, 0.717) is 0 Å². The predicted octanol–water partition coefficient (Wildman–Crippen LogP) is 4.51. The molecule has 0 saturated carbocycles. The second-order valence-corrected chi connectivity index (χ2v) is 6.37. The lowest BCUT2D eigenvalue weighted by atomic mass is 10.1. The van der Waals surface area contributed by atoms with E-state index < -0.39 is 0 Å². The van der Waals surface area contributed by atoms with Gasteiger partial charge in [-0.1, -0.05) is 48.5 Å². The zero-order valence-corrected chi connectivity index (χ0v) is 14.5. The van der Waals surface area contributed by atoms with E-state index in [1.165, 1.54) is 12.8 Å². The summed E-state index contributed by atoms with van der Waals surface area (Å²) >= 11 is 0. The van der Waals surface area contributed by atoms with E-state index in [1.807, 2.05) is 36.4 Å². The summed E-state index contributed by atoms with van der Waals surface area (Å²) in [5, 5.41) is 0. The Hall–Kier alpha value is -2.88. The summed E-state index contributed by atoms with van der Waals surface area (Å²) in [6.45, 7) is 2.07. The lowest BCUT2D eigenvalue weighted by Gasteiger charge is -2.22. The summed E-state index contributed by atoms with van der Waals surface area (Å²) in [4.78, 5) is 14.1. The van der Waals surface area contributed by atoms with Gasteiger partial charge in [-0.2, -0.15) is 4.98 Å². The molecule has 0 N–H and O–H groups in total. The topological polar surface area (TPSA) is 32.3 Å². The molecular formula is C21H22N4. The van der Waals surface area contributed by atoms with Crippen molar-refractivity contribution < 1.29 is 0 Å². The van der Waals surface area contributed by atoms with Crippen molar-refractivity contribution in [3.8, 4) is 11.3 Å². The van der Waals surface area contributed by atoms with Crippen LogP contribution in [0.4, 0.5) is 17.5 Å². The molecule has 2 aromatic carbocycles. The van der Waals surface area contributed by atoms with Crippen molar-refractivity contribution in [3.63, 3.8) is 0 Å². The number of anilines is 3. The van der Waals surface area contributed by atoms with Crippen LogP contribution in [0, 0.1) is 0 Å². The van der Waals surface area contributed by atoms with Crippen LogP contribution >= 0.6 is 0 Å². The molecule has 1 aromatic heterocycles. The smallest absolute Gasteiger partial charge is 0.227 e. The van der Waals surface area contributed by atoms with Crippen LogP contribution in [0.25, 0.3) is 11.3 Å². The monoisotopic (exact) mass is 330 g/mol. The first-order valence-corrected chi connectivity index (χ1v) is 8.79. The molecule has 1 aliphatic rings. The van der Waals surface area contributed by atoms with E-state index >= 15 is 0 Å². The van der Waals surface area contributed by atoms with Crippen LogP contribution in [0.15, 0.2) is 66.7 Å². The van der Waals surface area contributed by atoms with Gasteiger partial charge in [0.2, 0.25) is 5.95 Å². The number of aromatic nitrogens is 2. The quantitative estimate of drug-likeness (QED) is 0.704. The normalized spacial score (nSPS) is 13.9. The summed E-state index contributed by atoms with van der Waals surface area (Å²) in [5.74, 6) is 1.75. The SMILES string of the molecule is CN(c1ccccc1)c1cc(-c2ccccc2)nc(N2CCCC2)n1. The molecule has 3 aromatic rings. The first kappa shape index (κ1) is 15.6. The molecule has 0 atom stereocenters. The predicted molar refractivity (Wildman–Crippen MR) is 103 cm³/mol. The summed E-state index contributed by atoms with van der Waals surface area (Å²) in [5.41, 5.74) is 3.20. The summed E-state index contributed by atoms with van der Waals surface area (Å²) in [6, 6.07) is 22.7. The minimum absolute atomic E-state index is 0.830. The van der Waals surface area contributed by atoms with Crippen LogP contribution in [-0.2, 0) is 0 Å². The highest BCUT2D eigenvalue weighted by molar-refractivity contribution is 5.68. The fraction of sp³-hybridized carbons (Fsp3) is 0.238. The number of para-hydroxylation sites is 1. The number of hydrogen-bond donors (Lipinski definition) is 0. The Morgan fingerprint density at radius 2 is 1.48 bits per heavy atom. The zero-order chi connectivity index (χ0) is 17.1. The first-order valence-electron chi connectivity index (χ1n) is 8.79. The maximum absolute atomic E-state index is 4.86. The molecule has 0 unspecified atom stereocenters. The Morgan fingerprint density at radius 1 is 0.840 bits per heavy atom. The molecule has 1 saturated heterocycles. The molecule has 2 heterocycles. The van der Waals surface area contributed by atoms with Gasteiger partial charge in [0.15, 0.2) is 0 Å². The molecule has 0 bridgehead atoms. The molecule has 0 aliphatic carbocycles. The standard InChI is InChI=1S/C21H22N4/c1-24(18-12-6-3-7-13-18)20-16-19(17-10-4-2-5-11-17)22-21(23-20)25-14-8-9-15-25/h2-7,10-13,16H,8-9,14-15H2,1H3. The molecule has 25 heavy (non-hydrogen) atoms. The highest BCUT2D eigenvalue weighted by Gasteiger charge is 2.18. The second kappa shape index (κ2) is 6.93. The van der Waals surface area contributed by atoms with Gasteiger partial charge in [-0.25, -0.2) is 4.98 Å². The lowest BCUT2D eigenvalue weighted by molar-refractivity contribution is 0.895. The molecule has 0 radical (unpaired) electrons. The van der Waals surface area contributed by atoms with Gasteiger partial charge in [-0.05, 0) is 25.0 Å². The third kappa shape index (κ3) is 3.33. The summed E-state index contributed by atoms with van der Waals surface area (Å²) < 4.78 is 0. The molecule has 0 amide bonds. The van der Waals surface area contributed by atoms with E-state index in [4.69, 9.17) is 9.97 Å². The third-order valence-electron chi connectivity index (χ3n) is 4.65. The molecule has 4 heteroatoms. The molecule has 1 fully saturated rings. The van der Waals surface area contributed by atoms with Crippen LogP contribution in [0.1, 0.15) is 12.8 Å². The van der Waals surface area contributed by atoms with Gasteiger partial charge < -0.3 is 9.80 Å².